The van der Waals surface area contributed by atoms with Gasteiger partial charge in [-0.2, -0.15) is 0 Å². The van der Waals surface area contributed by atoms with Gasteiger partial charge in [0.15, 0.2) is 13.2 Å². The monoisotopic (exact) mass is 213 g/mol. The Morgan fingerprint density at radius 1 is 1.33 bits per heavy atom. The smallest absolute Gasteiger partial charge is 0.184 e. The summed E-state index contributed by atoms with van der Waals surface area (Å²) in [6.07, 6.45) is 2.06. The van der Waals surface area contributed by atoms with E-state index in [4.69, 9.17) is 18.6 Å². The van der Waals surface area contributed by atoms with E-state index in [1.54, 1.807) is 11.5 Å². The predicted molar refractivity (Wildman–Crippen MR) is 30.2 cm³/mol. The fraction of sp³-hybridized carbons (Fsp3) is 0.400. The number of rotatable bonds is 0. The molecule has 0 unspecified atom stereocenters. The van der Waals surface area contributed by atoms with Gasteiger partial charge in [-0.3, -0.25) is 0 Å². The summed E-state index contributed by atoms with van der Waals surface area (Å²) in [6.45, 7) is 2.10. The lowest BCUT2D eigenvalue weighted by Crippen LogP contribution is -2.68. The summed E-state index contributed by atoms with van der Waals surface area (Å²) in [7, 11) is -2.91. The number of aromatic nitrogens is 1. The zero-order valence-electron chi connectivity index (χ0n) is 6.52. The highest BCUT2D eigenvalue weighted by Crippen LogP contribution is 1.96. The van der Waals surface area contributed by atoms with Crippen LogP contribution >= 0.6 is 11.5 Å². The van der Waals surface area contributed by atoms with Gasteiger partial charge in [0.2, 0.25) is 0 Å². The van der Waals surface area contributed by atoms with E-state index >= 15 is 0 Å². The molecule has 1 rings (SSSR count). The number of aryl methyl sites for hydroxylation is 2. The molecule has 12 heavy (non-hydrogen) atoms. The zero-order valence-corrected chi connectivity index (χ0v) is 8.09. The third-order valence-corrected chi connectivity index (χ3v) is 1.64. The van der Waals surface area contributed by atoms with Crippen molar-refractivity contribution in [3.63, 3.8) is 0 Å². The van der Waals surface area contributed by atoms with Crippen molar-refractivity contribution in [3.05, 3.63) is 17.1 Å². The molecule has 0 aromatic carbocycles. The Labute approximate surface area is 76.0 Å². The summed E-state index contributed by atoms with van der Waals surface area (Å²) in [4.78, 5) is 1.36. The fourth-order valence-electron chi connectivity index (χ4n) is 0.498. The van der Waals surface area contributed by atoms with E-state index < -0.39 is 10.2 Å². The van der Waals surface area contributed by atoms with Crippen LogP contribution in [0.1, 0.15) is 4.88 Å². The number of nitrogens with zero attached hydrogens (tertiary/aromatic N) is 1. The van der Waals surface area contributed by atoms with Crippen LogP contribution in [0.2, 0.25) is 0 Å². The van der Waals surface area contributed by atoms with E-state index in [0.29, 0.717) is 0 Å². The number of hydrogen-bond donors (Lipinski definition) is 0. The minimum absolute atomic E-state index is 1.36. The molecule has 0 bridgehead atoms. The van der Waals surface area contributed by atoms with Gasteiger partial charge in [-0.1, -0.05) is 0 Å². The van der Waals surface area contributed by atoms with Gasteiger partial charge >= 0.3 is 0 Å². The van der Waals surface area contributed by atoms with Crippen LogP contribution < -0.4 is 22.6 Å². The molecule has 1 heterocycles. The van der Waals surface area contributed by atoms with Crippen molar-refractivity contribution < 1.29 is 32.8 Å². The lowest BCUT2D eigenvalue weighted by Gasteiger charge is -2.17. The Balaban J connectivity index is 0.000000217. The van der Waals surface area contributed by atoms with Gasteiger partial charge in [0, 0.05) is 6.07 Å². The van der Waals surface area contributed by atoms with Crippen LogP contribution in [0.3, 0.4) is 0 Å². The molecule has 1 aromatic heterocycles. The fourth-order valence-corrected chi connectivity index (χ4v) is 1.20. The second-order valence-electron chi connectivity index (χ2n) is 1.94. The normalized spacial score (nSPS) is 10.5. The average molecular weight is 214 g/mol. The van der Waals surface area contributed by atoms with E-state index in [1.807, 2.05) is 7.05 Å². The Morgan fingerprint density at radius 3 is 1.83 bits per heavy atom. The molecule has 0 aliphatic carbocycles. The molecule has 0 fully saturated rings. The van der Waals surface area contributed by atoms with Crippen molar-refractivity contribution >= 4 is 11.5 Å². The Kier molecular flexibility index (Phi) is 4.61. The molecular formula is C5H8ClNO4S. The van der Waals surface area contributed by atoms with Crippen LogP contribution in [0, 0.1) is 17.2 Å². The molecule has 7 heteroatoms. The second kappa shape index (κ2) is 4.70. The molecule has 0 saturated carbocycles. The van der Waals surface area contributed by atoms with Crippen LogP contribution in [-0.4, -0.2) is 0 Å². The summed E-state index contributed by atoms with van der Waals surface area (Å²) in [5, 5.41) is 0. The van der Waals surface area contributed by atoms with Gasteiger partial charge < -0.3 is 0 Å². The van der Waals surface area contributed by atoms with Gasteiger partial charge in [0.05, 0.1) is 4.88 Å². The van der Waals surface area contributed by atoms with Crippen molar-refractivity contribution in [2.45, 2.75) is 6.92 Å². The van der Waals surface area contributed by atoms with Gasteiger partial charge in [0.1, 0.15) is 11.5 Å². The van der Waals surface area contributed by atoms with Gasteiger partial charge in [-0.05, 0) is 6.92 Å². The molecule has 5 nitrogen and oxygen atoms in total. The molecule has 0 saturated heterocycles. The third kappa shape index (κ3) is 9.76. The van der Waals surface area contributed by atoms with Crippen LogP contribution in [0.25, 0.3) is 0 Å². The van der Waals surface area contributed by atoms with Crippen molar-refractivity contribution in [2.24, 2.45) is 7.05 Å². The molecular weight excluding hydrogens is 206 g/mol. The second-order valence-corrected chi connectivity index (χ2v) is 4.10. The first-order valence-electron chi connectivity index (χ1n) is 2.83. The van der Waals surface area contributed by atoms with E-state index in [-0.39, 0.29) is 0 Å². The summed E-state index contributed by atoms with van der Waals surface area (Å²) < 4.78 is 36.1. The molecule has 0 spiro atoms. The molecule has 0 aliphatic rings. The third-order valence-electron chi connectivity index (χ3n) is 0.807. The van der Waals surface area contributed by atoms with Crippen molar-refractivity contribution in [1.82, 2.24) is 0 Å². The summed E-state index contributed by atoms with van der Waals surface area (Å²) in [6, 6.07) is 2.10. The standard InChI is InChI=1S/C5H8NS.ClHO4/c1-5-3-4-6(2)7-5;2-1(3,4)5/h3-4H,1-2H3;(H,2,3,4,5)/q+1;/p-1. The first-order valence-corrected chi connectivity index (χ1v) is 4.84. The van der Waals surface area contributed by atoms with E-state index in [2.05, 4.69) is 23.1 Å². The molecule has 0 aliphatic heterocycles. The van der Waals surface area contributed by atoms with Crippen molar-refractivity contribution in [3.8, 4) is 0 Å². The van der Waals surface area contributed by atoms with Crippen molar-refractivity contribution in [2.75, 3.05) is 0 Å². The topological polar surface area (TPSA) is 96.1 Å². The SMILES string of the molecule is Cc1cc[n+](C)s1.[O-][Cl+3]([O-])([O-])[O-]. The maximum absolute atomic E-state index is 8.49. The maximum Gasteiger partial charge on any atom is 0.184 e. The highest BCUT2D eigenvalue weighted by atomic mass is 35.7. The first-order chi connectivity index (χ1) is 5.29. The minimum Gasteiger partial charge on any atom is -0.222 e. The van der Waals surface area contributed by atoms with Gasteiger partial charge in [0.25, 0.3) is 0 Å². The average Bonchev–Trinajstić information content (AvgIpc) is 2.09. The molecule has 0 radical (unpaired) electrons. The summed E-state index contributed by atoms with van der Waals surface area (Å²) in [5.74, 6) is 0. The van der Waals surface area contributed by atoms with Crippen LogP contribution in [0.15, 0.2) is 12.3 Å². The van der Waals surface area contributed by atoms with Crippen LogP contribution in [0.5, 0.6) is 0 Å². The minimum atomic E-state index is -4.94. The first kappa shape index (κ1) is 11.8. The van der Waals surface area contributed by atoms with E-state index in [1.165, 1.54) is 4.88 Å². The summed E-state index contributed by atoms with van der Waals surface area (Å²) in [5.41, 5.74) is 0. The quantitative estimate of drug-likeness (QED) is 0.412. The van der Waals surface area contributed by atoms with Crippen LogP contribution in [0.4, 0.5) is 0 Å². The number of halogens is 1. The molecule has 0 amide bonds. The van der Waals surface area contributed by atoms with E-state index in [0.717, 1.165) is 0 Å². The lowest BCUT2D eigenvalue weighted by atomic mass is 10.6. The Bertz CT molecular complexity index is 211. The van der Waals surface area contributed by atoms with Crippen molar-refractivity contribution in [1.29, 1.82) is 0 Å². The molecule has 1 aromatic rings. The largest absolute Gasteiger partial charge is 0.222 e. The molecule has 70 valence electrons. The zero-order chi connectivity index (χ0) is 9.78. The summed E-state index contributed by atoms with van der Waals surface area (Å²) >= 11 is 1.76. The van der Waals surface area contributed by atoms with Gasteiger partial charge in [-0.25, -0.2) is 18.6 Å². The highest BCUT2D eigenvalue weighted by molar-refractivity contribution is 7.01. The molecule has 0 N–H and O–H groups in total. The van der Waals surface area contributed by atoms with E-state index in [9.17, 15) is 0 Å². The highest BCUT2D eigenvalue weighted by Gasteiger charge is 1.92. The number of hydrogen-bond acceptors (Lipinski definition) is 5. The van der Waals surface area contributed by atoms with Gasteiger partial charge in [-0.15, -0.1) is 14.2 Å². The Morgan fingerprint density at radius 2 is 1.75 bits per heavy atom. The Hall–Kier alpha value is -0.240. The maximum atomic E-state index is 8.49. The van der Waals surface area contributed by atoms with Crippen LogP contribution in [-0.2, 0) is 7.05 Å². The molecule has 0 atom stereocenters. The lowest BCUT2D eigenvalue weighted by molar-refractivity contribution is -2.00. The predicted octanol–water partition coefficient (Wildman–Crippen LogP) is -3.87.